The van der Waals surface area contributed by atoms with Gasteiger partial charge in [-0.05, 0) is 40.8 Å². The Morgan fingerprint density at radius 2 is 1.41 bits per heavy atom. The molecule has 1 amide bonds. The summed E-state index contributed by atoms with van der Waals surface area (Å²) in [4.78, 5) is 40.2. The lowest BCUT2D eigenvalue weighted by atomic mass is 9.91. The Hall–Kier alpha value is -4.91. The van der Waals surface area contributed by atoms with E-state index in [4.69, 9.17) is 4.74 Å². The number of aliphatic carboxylic acids is 1. The number of hydrogen-bond donors (Lipinski definition) is 2. The van der Waals surface area contributed by atoms with Crippen molar-refractivity contribution in [3.05, 3.63) is 131 Å². The topological polar surface area (TPSA) is 95.9 Å². The van der Waals surface area contributed by atoms with Crippen LogP contribution in [-0.2, 0) is 22.6 Å². The van der Waals surface area contributed by atoms with Gasteiger partial charge in [-0.25, -0.2) is 4.79 Å². The predicted octanol–water partition coefficient (Wildman–Crippen LogP) is 6.87. The highest BCUT2D eigenvalue weighted by Crippen LogP contribution is 2.23. The minimum Gasteiger partial charge on any atom is -0.492 e. The van der Waals surface area contributed by atoms with E-state index in [9.17, 15) is 19.5 Å². The summed E-state index contributed by atoms with van der Waals surface area (Å²) in [6, 6.07) is 32.1. The van der Waals surface area contributed by atoms with E-state index < -0.39 is 12.0 Å². The normalized spacial score (nSPS) is 11.8. The zero-order valence-electron chi connectivity index (χ0n) is 25.5. The van der Waals surface area contributed by atoms with Crippen molar-refractivity contribution < 1.29 is 24.2 Å². The molecule has 0 fully saturated rings. The van der Waals surface area contributed by atoms with Gasteiger partial charge in [0, 0.05) is 36.2 Å². The molecule has 0 aromatic heterocycles. The molecule has 228 valence electrons. The number of anilines is 1. The summed E-state index contributed by atoms with van der Waals surface area (Å²) in [6.07, 6.45) is 0.647. The molecule has 0 heterocycles. The third kappa shape index (κ3) is 9.56. The van der Waals surface area contributed by atoms with Crippen molar-refractivity contribution in [1.82, 2.24) is 4.90 Å². The molecule has 0 saturated carbocycles. The summed E-state index contributed by atoms with van der Waals surface area (Å²) >= 11 is 0. The zero-order chi connectivity index (χ0) is 31.5. The summed E-state index contributed by atoms with van der Waals surface area (Å²) < 4.78 is 5.98. The molecule has 0 spiro atoms. The summed E-state index contributed by atoms with van der Waals surface area (Å²) in [7, 11) is 0. The smallest absolute Gasteiger partial charge is 0.326 e. The lowest BCUT2D eigenvalue weighted by Gasteiger charge is -2.27. The van der Waals surface area contributed by atoms with Gasteiger partial charge in [-0.15, -0.1) is 0 Å². The molecule has 7 nitrogen and oxygen atoms in total. The number of carbonyl (C=O) groups is 3. The molecule has 4 rings (SSSR count). The van der Waals surface area contributed by atoms with Gasteiger partial charge in [0.25, 0.3) is 0 Å². The number of rotatable bonds is 14. The molecular formula is C37H40N2O5. The molecular weight excluding hydrogens is 552 g/mol. The number of carboxylic acid groups (broad SMARTS) is 1. The first-order chi connectivity index (χ1) is 21.1. The molecule has 44 heavy (non-hydrogen) atoms. The van der Waals surface area contributed by atoms with Crippen LogP contribution in [0.4, 0.5) is 5.69 Å². The van der Waals surface area contributed by atoms with Crippen LogP contribution in [0.5, 0.6) is 5.75 Å². The number of amides is 1. The second kappa shape index (κ2) is 15.0. The molecule has 0 radical (unpaired) electrons. The van der Waals surface area contributed by atoms with E-state index in [1.54, 1.807) is 60.7 Å². The molecule has 0 aliphatic heterocycles. The first kappa shape index (κ1) is 32.0. The van der Waals surface area contributed by atoms with Crippen molar-refractivity contribution in [1.29, 1.82) is 0 Å². The molecule has 2 N–H and O–H groups in total. The van der Waals surface area contributed by atoms with Crippen molar-refractivity contribution in [3.8, 4) is 5.75 Å². The maximum absolute atomic E-state index is 13.1. The number of ether oxygens (including phenoxy) is 1. The standard InChI is InChI=1S/C37H40N2O5/c1-37(2,3)25-34(40)39(26-28-12-6-4-7-13-28)22-23-44-30-20-18-27(19-21-30)24-33(36(42)43)38-32-17-11-10-16-31(32)35(41)29-14-8-5-9-15-29/h4-21,33,38H,22-26H2,1-3H3,(H,42,43)/t33-/m0/s1. The van der Waals surface area contributed by atoms with Gasteiger partial charge in [-0.3, -0.25) is 9.59 Å². The van der Waals surface area contributed by atoms with Crippen molar-refractivity contribution >= 4 is 23.3 Å². The van der Waals surface area contributed by atoms with Gasteiger partial charge < -0.3 is 20.1 Å². The van der Waals surface area contributed by atoms with Crippen molar-refractivity contribution in [2.75, 3.05) is 18.5 Å². The van der Waals surface area contributed by atoms with Crippen LogP contribution in [0, 0.1) is 5.41 Å². The Morgan fingerprint density at radius 3 is 2.05 bits per heavy atom. The van der Waals surface area contributed by atoms with Crippen LogP contribution in [-0.4, -0.2) is 46.9 Å². The molecule has 0 aliphatic carbocycles. The summed E-state index contributed by atoms with van der Waals surface area (Å²) in [5, 5.41) is 13.0. The minimum absolute atomic E-state index is 0.0829. The summed E-state index contributed by atoms with van der Waals surface area (Å²) in [5.41, 5.74) is 3.16. The van der Waals surface area contributed by atoms with E-state index in [-0.39, 0.29) is 23.5 Å². The van der Waals surface area contributed by atoms with Crippen LogP contribution in [0.3, 0.4) is 0 Å². The van der Waals surface area contributed by atoms with Gasteiger partial charge >= 0.3 is 5.97 Å². The Kier molecular flexibility index (Phi) is 10.9. The van der Waals surface area contributed by atoms with Crippen LogP contribution < -0.4 is 10.1 Å². The fourth-order valence-corrected chi connectivity index (χ4v) is 4.83. The molecule has 0 saturated heterocycles. The number of ketones is 1. The van der Waals surface area contributed by atoms with Crippen LogP contribution in [0.15, 0.2) is 109 Å². The maximum Gasteiger partial charge on any atom is 0.326 e. The van der Waals surface area contributed by atoms with Gasteiger partial charge in [-0.1, -0.05) is 106 Å². The Balaban J connectivity index is 1.37. The zero-order valence-corrected chi connectivity index (χ0v) is 25.5. The first-order valence-corrected chi connectivity index (χ1v) is 14.8. The minimum atomic E-state index is -1.02. The van der Waals surface area contributed by atoms with Crippen LogP contribution >= 0.6 is 0 Å². The van der Waals surface area contributed by atoms with Gasteiger partial charge in [0.1, 0.15) is 18.4 Å². The highest BCUT2D eigenvalue weighted by molar-refractivity contribution is 6.12. The van der Waals surface area contributed by atoms with E-state index >= 15 is 0 Å². The number of nitrogens with zero attached hydrogens (tertiary/aromatic N) is 1. The lowest BCUT2D eigenvalue weighted by Crippen LogP contribution is -2.36. The molecule has 0 bridgehead atoms. The van der Waals surface area contributed by atoms with E-state index in [0.29, 0.717) is 48.7 Å². The van der Waals surface area contributed by atoms with E-state index in [0.717, 1.165) is 11.1 Å². The molecule has 0 aliphatic rings. The van der Waals surface area contributed by atoms with Crippen LogP contribution in [0.25, 0.3) is 0 Å². The average Bonchev–Trinajstić information content (AvgIpc) is 3.01. The van der Waals surface area contributed by atoms with Gasteiger partial charge in [0.15, 0.2) is 5.78 Å². The molecule has 4 aromatic rings. The van der Waals surface area contributed by atoms with E-state index in [1.165, 1.54) is 0 Å². The molecule has 1 atom stereocenters. The maximum atomic E-state index is 13.1. The van der Waals surface area contributed by atoms with Gasteiger partial charge in [0.05, 0.1) is 6.54 Å². The number of hydrogen-bond acceptors (Lipinski definition) is 5. The Labute approximate surface area is 259 Å². The number of para-hydroxylation sites is 1. The lowest BCUT2D eigenvalue weighted by molar-refractivity contribution is -0.138. The van der Waals surface area contributed by atoms with Crippen molar-refractivity contribution in [3.63, 3.8) is 0 Å². The van der Waals surface area contributed by atoms with Crippen LogP contribution in [0.2, 0.25) is 0 Å². The number of benzene rings is 4. The highest BCUT2D eigenvalue weighted by atomic mass is 16.5. The number of carbonyl (C=O) groups excluding carboxylic acids is 2. The largest absolute Gasteiger partial charge is 0.492 e. The highest BCUT2D eigenvalue weighted by Gasteiger charge is 2.23. The molecule has 4 aromatic carbocycles. The van der Waals surface area contributed by atoms with Crippen LogP contribution in [0.1, 0.15) is 54.2 Å². The third-order valence-electron chi connectivity index (χ3n) is 7.08. The van der Waals surface area contributed by atoms with Crippen molar-refractivity contribution in [2.24, 2.45) is 5.41 Å². The Bertz CT molecular complexity index is 1530. The Morgan fingerprint density at radius 1 is 0.795 bits per heavy atom. The monoisotopic (exact) mass is 592 g/mol. The average molecular weight is 593 g/mol. The number of nitrogens with one attached hydrogen (secondary N) is 1. The SMILES string of the molecule is CC(C)(C)CC(=O)N(CCOc1ccc(C[C@H](Nc2ccccc2C(=O)c2ccccc2)C(=O)O)cc1)Cc1ccccc1. The number of carboxylic acids is 1. The fraction of sp³-hybridized carbons (Fsp3) is 0.270. The van der Waals surface area contributed by atoms with E-state index in [2.05, 4.69) is 26.1 Å². The van der Waals surface area contributed by atoms with Crippen molar-refractivity contribution in [2.45, 2.75) is 46.2 Å². The second-order valence-corrected chi connectivity index (χ2v) is 12.0. The quantitative estimate of drug-likeness (QED) is 0.155. The third-order valence-corrected chi connectivity index (χ3v) is 7.08. The predicted molar refractivity (Wildman–Crippen MR) is 173 cm³/mol. The fourth-order valence-electron chi connectivity index (χ4n) is 4.83. The summed E-state index contributed by atoms with van der Waals surface area (Å²) in [5.74, 6) is -0.484. The van der Waals surface area contributed by atoms with E-state index in [1.807, 2.05) is 53.4 Å². The summed E-state index contributed by atoms with van der Waals surface area (Å²) in [6.45, 7) is 7.44. The molecule has 0 unspecified atom stereocenters. The molecule has 7 heteroatoms. The second-order valence-electron chi connectivity index (χ2n) is 12.0. The first-order valence-electron chi connectivity index (χ1n) is 14.8. The van der Waals surface area contributed by atoms with Gasteiger partial charge in [-0.2, -0.15) is 0 Å². The van der Waals surface area contributed by atoms with Gasteiger partial charge in [0.2, 0.25) is 5.91 Å².